The molecule has 3 rings (SSSR count). The Bertz CT molecular complexity index is 561. The van der Waals surface area contributed by atoms with Crippen molar-refractivity contribution in [2.24, 2.45) is 0 Å². The average molecular weight is 272 g/mol. The first-order valence-electron chi connectivity index (χ1n) is 6.97. The van der Waals surface area contributed by atoms with Crippen LogP contribution in [-0.2, 0) is 6.54 Å². The molecule has 2 aromatic rings. The number of hydrogen-bond donors (Lipinski definition) is 1. The zero-order valence-corrected chi connectivity index (χ0v) is 12.3. The van der Waals surface area contributed by atoms with Crippen LogP contribution in [0.5, 0.6) is 0 Å². The predicted octanol–water partition coefficient (Wildman–Crippen LogP) is 4.18. The minimum atomic E-state index is 0.494. The number of aromatic nitrogens is 1. The van der Waals surface area contributed by atoms with E-state index >= 15 is 0 Å². The van der Waals surface area contributed by atoms with Gasteiger partial charge in [-0.15, -0.1) is 11.3 Å². The first kappa shape index (κ1) is 12.8. The topological polar surface area (TPSA) is 24.9 Å². The van der Waals surface area contributed by atoms with Gasteiger partial charge in [-0.1, -0.05) is 31.2 Å². The molecule has 1 aromatic heterocycles. The highest BCUT2D eigenvalue weighted by Crippen LogP contribution is 2.37. The fourth-order valence-electron chi connectivity index (χ4n) is 2.93. The van der Waals surface area contributed by atoms with Crippen LogP contribution in [0.25, 0.3) is 0 Å². The van der Waals surface area contributed by atoms with Crippen LogP contribution >= 0.6 is 11.3 Å². The number of nitrogens with zero attached hydrogens (tertiary/aromatic N) is 1. The number of fused-ring (bicyclic) bond motifs is 1. The molecule has 1 aliphatic rings. The average Bonchev–Trinajstić information content (AvgIpc) is 2.84. The summed E-state index contributed by atoms with van der Waals surface area (Å²) in [6, 6.07) is 9.37. The van der Waals surface area contributed by atoms with Crippen molar-refractivity contribution in [2.45, 2.75) is 45.2 Å². The van der Waals surface area contributed by atoms with Crippen LogP contribution < -0.4 is 5.32 Å². The molecule has 100 valence electrons. The van der Waals surface area contributed by atoms with Gasteiger partial charge in [-0.25, -0.2) is 4.98 Å². The molecule has 1 heterocycles. The smallest absolute Gasteiger partial charge is 0.0798 e. The largest absolute Gasteiger partial charge is 0.305 e. The summed E-state index contributed by atoms with van der Waals surface area (Å²) in [5.74, 6) is 0.694. The molecule has 0 amide bonds. The van der Waals surface area contributed by atoms with Crippen LogP contribution in [0.3, 0.4) is 0 Å². The lowest BCUT2D eigenvalue weighted by Gasteiger charge is -2.30. The molecule has 1 N–H and O–H groups in total. The number of aryl methyl sites for hydroxylation is 1. The van der Waals surface area contributed by atoms with E-state index in [0.717, 1.165) is 12.2 Å². The SMILES string of the molecule is Cc1ncsc1CNC1CCC(C)c2ccccc21. The van der Waals surface area contributed by atoms with Gasteiger partial charge in [-0.05, 0) is 36.8 Å². The summed E-state index contributed by atoms with van der Waals surface area (Å²) in [7, 11) is 0. The van der Waals surface area contributed by atoms with Crippen molar-refractivity contribution in [3.8, 4) is 0 Å². The first-order valence-corrected chi connectivity index (χ1v) is 7.85. The summed E-state index contributed by atoms with van der Waals surface area (Å²) in [5, 5.41) is 3.71. The monoisotopic (exact) mass is 272 g/mol. The van der Waals surface area contributed by atoms with Crippen molar-refractivity contribution in [1.82, 2.24) is 10.3 Å². The second-order valence-electron chi connectivity index (χ2n) is 5.40. The van der Waals surface area contributed by atoms with E-state index in [1.165, 1.54) is 28.8 Å². The van der Waals surface area contributed by atoms with E-state index < -0.39 is 0 Å². The zero-order valence-electron chi connectivity index (χ0n) is 11.5. The molecule has 2 atom stereocenters. The number of benzene rings is 1. The van der Waals surface area contributed by atoms with Gasteiger partial charge in [-0.3, -0.25) is 0 Å². The van der Waals surface area contributed by atoms with E-state index in [2.05, 4.69) is 48.4 Å². The van der Waals surface area contributed by atoms with E-state index in [4.69, 9.17) is 0 Å². The van der Waals surface area contributed by atoms with Crippen LogP contribution in [0, 0.1) is 6.92 Å². The number of hydrogen-bond acceptors (Lipinski definition) is 3. The van der Waals surface area contributed by atoms with Gasteiger partial charge < -0.3 is 5.32 Å². The normalized spacial score (nSPS) is 22.2. The van der Waals surface area contributed by atoms with Gasteiger partial charge in [0.05, 0.1) is 11.2 Å². The standard InChI is InChI=1S/C16H20N2S/c1-11-7-8-15(14-6-4-3-5-13(11)14)17-9-16-12(2)18-10-19-16/h3-6,10-11,15,17H,7-9H2,1-2H3. The second kappa shape index (κ2) is 5.43. The number of thiazole rings is 1. The Morgan fingerprint density at radius 3 is 2.79 bits per heavy atom. The molecule has 2 unspecified atom stereocenters. The Kier molecular flexibility index (Phi) is 3.67. The molecule has 19 heavy (non-hydrogen) atoms. The lowest BCUT2D eigenvalue weighted by atomic mass is 9.81. The van der Waals surface area contributed by atoms with Crippen molar-refractivity contribution in [3.63, 3.8) is 0 Å². The summed E-state index contributed by atoms with van der Waals surface area (Å²) in [6.45, 7) is 5.36. The number of rotatable bonds is 3. The van der Waals surface area contributed by atoms with Crippen molar-refractivity contribution in [2.75, 3.05) is 0 Å². The summed E-state index contributed by atoms with van der Waals surface area (Å²) < 4.78 is 0. The quantitative estimate of drug-likeness (QED) is 0.906. The van der Waals surface area contributed by atoms with Crippen molar-refractivity contribution >= 4 is 11.3 Å². The van der Waals surface area contributed by atoms with Crippen LogP contribution in [0.15, 0.2) is 29.8 Å². The molecular formula is C16H20N2S. The van der Waals surface area contributed by atoms with Gasteiger partial charge in [0.2, 0.25) is 0 Å². The summed E-state index contributed by atoms with van der Waals surface area (Å²) >= 11 is 1.75. The molecule has 2 nitrogen and oxygen atoms in total. The summed E-state index contributed by atoms with van der Waals surface area (Å²) in [4.78, 5) is 5.67. The van der Waals surface area contributed by atoms with E-state index in [0.29, 0.717) is 12.0 Å². The predicted molar refractivity (Wildman–Crippen MR) is 80.5 cm³/mol. The minimum Gasteiger partial charge on any atom is -0.305 e. The fraction of sp³-hybridized carbons (Fsp3) is 0.438. The Hall–Kier alpha value is -1.19. The van der Waals surface area contributed by atoms with Gasteiger partial charge in [0.1, 0.15) is 0 Å². The molecule has 1 aliphatic carbocycles. The van der Waals surface area contributed by atoms with E-state index in [1.54, 1.807) is 11.3 Å². The van der Waals surface area contributed by atoms with Crippen molar-refractivity contribution in [3.05, 3.63) is 51.5 Å². The molecular weight excluding hydrogens is 252 g/mol. The highest BCUT2D eigenvalue weighted by molar-refractivity contribution is 7.09. The van der Waals surface area contributed by atoms with Crippen molar-refractivity contribution < 1.29 is 0 Å². The molecule has 0 saturated carbocycles. The van der Waals surface area contributed by atoms with E-state index in [1.807, 2.05) is 5.51 Å². The fourth-order valence-corrected chi connectivity index (χ4v) is 3.66. The van der Waals surface area contributed by atoms with Crippen LogP contribution in [0.2, 0.25) is 0 Å². The van der Waals surface area contributed by atoms with Gasteiger partial charge in [0, 0.05) is 17.5 Å². The van der Waals surface area contributed by atoms with E-state index in [-0.39, 0.29) is 0 Å². The maximum atomic E-state index is 4.32. The minimum absolute atomic E-state index is 0.494. The Morgan fingerprint density at radius 1 is 1.26 bits per heavy atom. The third kappa shape index (κ3) is 2.58. The third-order valence-electron chi connectivity index (χ3n) is 4.14. The molecule has 0 aliphatic heterocycles. The maximum absolute atomic E-state index is 4.32. The molecule has 0 fully saturated rings. The zero-order chi connectivity index (χ0) is 13.2. The van der Waals surface area contributed by atoms with E-state index in [9.17, 15) is 0 Å². The molecule has 0 radical (unpaired) electrons. The Balaban J connectivity index is 1.76. The third-order valence-corrected chi connectivity index (χ3v) is 5.08. The molecule has 1 aromatic carbocycles. The maximum Gasteiger partial charge on any atom is 0.0798 e. The van der Waals surface area contributed by atoms with Gasteiger partial charge in [0.15, 0.2) is 0 Å². The lowest BCUT2D eigenvalue weighted by Crippen LogP contribution is -2.25. The summed E-state index contributed by atoms with van der Waals surface area (Å²) in [5.41, 5.74) is 6.11. The first-order chi connectivity index (χ1) is 9.25. The summed E-state index contributed by atoms with van der Waals surface area (Å²) in [6.07, 6.45) is 2.51. The van der Waals surface area contributed by atoms with Gasteiger partial charge >= 0.3 is 0 Å². The second-order valence-corrected chi connectivity index (χ2v) is 6.34. The highest BCUT2D eigenvalue weighted by atomic mass is 32.1. The molecule has 0 spiro atoms. The molecule has 0 saturated heterocycles. The van der Waals surface area contributed by atoms with Gasteiger partial charge in [0.25, 0.3) is 0 Å². The molecule has 3 heteroatoms. The van der Waals surface area contributed by atoms with Crippen molar-refractivity contribution in [1.29, 1.82) is 0 Å². The van der Waals surface area contributed by atoms with Crippen LogP contribution in [0.4, 0.5) is 0 Å². The Labute approximate surface area is 118 Å². The van der Waals surface area contributed by atoms with Crippen LogP contribution in [-0.4, -0.2) is 4.98 Å². The highest BCUT2D eigenvalue weighted by Gasteiger charge is 2.23. The lowest BCUT2D eigenvalue weighted by molar-refractivity contribution is 0.432. The Morgan fingerprint density at radius 2 is 2.05 bits per heavy atom. The number of nitrogens with one attached hydrogen (secondary N) is 1. The molecule has 0 bridgehead atoms. The van der Waals surface area contributed by atoms with Crippen LogP contribution in [0.1, 0.15) is 53.4 Å². The van der Waals surface area contributed by atoms with Gasteiger partial charge in [-0.2, -0.15) is 0 Å².